The van der Waals surface area contributed by atoms with Crippen molar-refractivity contribution in [2.45, 2.75) is 6.42 Å². The first-order chi connectivity index (χ1) is 7.77. The molecular formula is C11H12BrN3O. The van der Waals surface area contributed by atoms with E-state index < -0.39 is 0 Å². The predicted octanol–water partition coefficient (Wildman–Crippen LogP) is 2.20. The van der Waals surface area contributed by atoms with Crippen molar-refractivity contribution >= 4 is 15.9 Å². The van der Waals surface area contributed by atoms with Crippen molar-refractivity contribution in [3.63, 3.8) is 0 Å². The van der Waals surface area contributed by atoms with Gasteiger partial charge in [0.15, 0.2) is 5.75 Å². The minimum Gasteiger partial charge on any atom is -0.490 e. The highest BCUT2D eigenvalue weighted by Crippen LogP contribution is 2.20. The molecule has 2 aromatic heterocycles. The molecule has 84 valence electrons. The number of halogens is 1. The first-order valence-electron chi connectivity index (χ1n) is 4.97. The number of pyridine rings is 1. The third-order valence-corrected chi connectivity index (χ3v) is 2.82. The van der Waals surface area contributed by atoms with Gasteiger partial charge in [-0.25, -0.2) is 9.97 Å². The largest absolute Gasteiger partial charge is 0.490 e. The van der Waals surface area contributed by atoms with Gasteiger partial charge in [0, 0.05) is 32.1 Å². The fourth-order valence-electron chi connectivity index (χ4n) is 1.37. The van der Waals surface area contributed by atoms with Crippen LogP contribution in [0, 0.1) is 0 Å². The Morgan fingerprint density at radius 2 is 2.25 bits per heavy atom. The van der Waals surface area contributed by atoms with Crippen molar-refractivity contribution in [2.75, 3.05) is 6.61 Å². The molecule has 0 fully saturated rings. The molecule has 5 heteroatoms. The number of hydrogen-bond donors (Lipinski definition) is 0. The number of ether oxygens (including phenoxy) is 1. The second kappa shape index (κ2) is 5.12. The van der Waals surface area contributed by atoms with Gasteiger partial charge in [0.2, 0.25) is 0 Å². The summed E-state index contributed by atoms with van der Waals surface area (Å²) in [5.41, 5.74) is 0. The summed E-state index contributed by atoms with van der Waals surface area (Å²) < 4.78 is 8.32. The van der Waals surface area contributed by atoms with Crippen LogP contribution in [0.3, 0.4) is 0 Å². The summed E-state index contributed by atoms with van der Waals surface area (Å²) in [6, 6.07) is 3.73. The van der Waals surface area contributed by atoms with Gasteiger partial charge in [0.25, 0.3) is 0 Å². The van der Waals surface area contributed by atoms with Gasteiger partial charge >= 0.3 is 0 Å². The van der Waals surface area contributed by atoms with Gasteiger partial charge in [-0.1, -0.05) is 0 Å². The highest BCUT2D eigenvalue weighted by atomic mass is 79.9. The number of aryl methyl sites for hydroxylation is 1. The summed E-state index contributed by atoms with van der Waals surface area (Å²) in [7, 11) is 1.97. The van der Waals surface area contributed by atoms with Gasteiger partial charge in [-0.2, -0.15) is 0 Å². The van der Waals surface area contributed by atoms with E-state index in [0.29, 0.717) is 6.61 Å². The molecule has 2 rings (SSSR count). The Balaban J connectivity index is 1.89. The highest BCUT2D eigenvalue weighted by molar-refractivity contribution is 9.10. The van der Waals surface area contributed by atoms with E-state index in [4.69, 9.17) is 4.74 Å². The number of nitrogens with zero attached hydrogens (tertiary/aromatic N) is 3. The Bertz CT molecular complexity index is 470. The van der Waals surface area contributed by atoms with Crippen LogP contribution in [0.25, 0.3) is 0 Å². The van der Waals surface area contributed by atoms with E-state index in [-0.39, 0.29) is 0 Å². The summed E-state index contributed by atoms with van der Waals surface area (Å²) in [6.07, 6.45) is 6.21. The van der Waals surface area contributed by atoms with E-state index in [2.05, 4.69) is 25.9 Å². The first-order valence-corrected chi connectivity index (χ1v) is 5.76. The molecule has 0 N–H and O–H groups in total. The van der Waals surface area contributed by atoms with Crippen LogP contribution < -0.4 is 4.74 Å². The lowest BCUT2D eigenvalue weighted by molar-refractivity contribution is 0.314. The van der Waals surface area contributed by atoms with Crippen LogP contribution in [-0.2, 0) is 13.5 Å². The van der Waals surface area contributed by atoms with Gasteiger partial charge in [0.05, 0.1) is 6.61 Å². The monoisotopic (exact) mass is 281 g/mol. The van der Waals surface area contributed by atoms with E-state index >= 15 is 0 Å². The van der Waals surface area contributed by atoms with Crippen LogP contribution >= 0.6 is 15.9 Å². The summed E-state index contributed by atoms with van der Waals surface area (Å²) in [5.74, 6) is 1.77. The highest BCUT2D eigenvalue weighted by Gasteiger charge is 2.02. The Morgan fingerprint density at radius 3 is 2.94 bits per heavy atom. The maximum absolute atomic E-state index is 5.60. The molecule has 0 bridgehead atoms. The van der Waals surface area contributed by atoms with Crippen LogP contribution in [0.5, 0.6) is 5.75 Å². The summed E-state index contributed by atoms with van der Waals surface area (Å²) in [6.45, 7) is 0.592. The third kappa shape index (κ3) is 2.61. The molecular weight excluding hydrogens is 270 g/mol. The lowest BCUT2D eigenvalue weighted by Gasteiger charge is -2.06. The van der Waals surface area contributed by atoms with Crippen LogP contribution in [0.2, 0.25) is 0 Å². The maximum atomic E-state index is 5.60. The average Bonchev–Trinajstić information content (AvgIpc) is 2.67. The zero-order valence-electron chi connectivity index (χ0n) is 8.93. The molecule has 0 radical (unpaired) electrons. The van der Waals surface area contributed by atoms with Crippen molar-refractivity contribution in [1.82, 2.24) is 14.5 Å². The molecule has 0 unspecified atom stereocenters. The third-order valence-electron chi connectivity index (χ3n) is 2.23. The molecule has 0 aliphatic heterocycles. The Kier molecular flexibility index (Phi) is 3.56. The van der Waals surface area contributed by atoms with Crippen molar-refractivity contribution < 1.29 is 4.74 Å². The van der Waals surface area contributed by atoms with Crippen LogP contribution in [0.4, 0.5) is 0 Å². The molecule has 0 spiro atoms. The van der Waals surface area contributed by atoms with E-state index in [1.165, 1.54) is 0 Å². The molecule has 0 saturated carbocycles. The lowest BCUT2D eigenvalue weighted by atomic mass is 10.4. The summed E-state index contributed by atoms with van der Waals surface area (Å²) in [4.78, 5) is 8.31. The van der Waals surface area contributed by atoms with Gasteiger partial charge in [-0.05, 0) is 28.1 Å². The second-order valence-electron chi connectivity index (χ2n) is 3.35. The minimum atomic E-state index is 0.592. The molecule has 2 heterocycles. The SMILES string of the molecule is Cn1ccnc1CCOc1cccnc1Br. The number of hydrogen-bond acceptors (Lipinski definition) is 3. The van der Waals surface area contributed by atoms with Gasteiger partial charge in [-0.3, -0.25) is 0 Å². The molecule has 0 saturated heterocycles. The van der Waals surface area contributed by atoms with Gasteiger partial charge < -0.3 is 9.30 Å². The predicted molar refractivity (Wildman–Crippen MR) is 64.3 cm³/mol. The number of aromatic nitrogens is 3. The topological polar surface area (TPSA) is 39.9 Å². The quantitative estimate of drug-likeness (QED) is 0.807. The normalized spacial score (nSPS) is 10.4. The van der Waals surface area contributed by atoms with Gasteiger partial charge in [0.1, 0.15) is 10.4 Å². The minimum absolute atomic E-state index is 0.592. The van der Waals surface area contributed by atoms with Crippen molar-refractivity contribution in [3.05, 3.63) is 41.2 Å². The fourth-order valence-corrected chi connectivity index (χ4v) is 1.73. The first kappa shape index (κ1) is 11.1. The molecule has 2 aromatic rings. The van der Waals surface area contributed by atoms with Crippen LogP contribution in [-0.4, -0.2) is 21.1 Å². The van der Waals surface area contributed by atoms with Crippen LogP contribution in [0.1, 0.15) is 5.82 Å². The maximum Gasteiger partial charge on any atom is 0.152 e. The van der Waals surface area contributed by atoms with E-state index in [1.807, 2.05) is 29.9 Å². The van der Waals surface area contributed by atoms with Crippen molar-refractivity contribution in [2.24, 2.45) is 7.05 Å². The molecule has 0 aliphatic carbocycles. The Hall–Kier alpha value is -1.36. The average molecular weight is 282 g/mol. The second-order valence-corrected chi connectivity index (χ2v) is 4.10. The molecule has 0 atom stereocenters. The molecule has 0 aliphatic rings. The molecule has 0 amide bonds. The van der Waals surface area contributed by atoms with E-state index in [1.54, 1.807) is 12.4 Å². The number of imidazole rings is 1. The standard InChI is InChI=1S/C11H12BrN3O/c1-15-7-6-13-10(15)4-8-16-9-3-2-5-14-11(9)12/h2-3,5-7H,4,8H2,1H3. The van der Waals surface area contributed by atoms with Crippen molar-refractivity contribution in [3.8, 4) is 5.75 Å². The number of rotatable bonds is 4. The smallest absolute Gasteiger partial charge is 0.152 e. The van der Waals surface area contributed by atoms with E-state index in [0.717, 1.165) is 22.6 Å². The van der Waals surface area contributed by atoms with Crippen LogP contribution in [0.15, 0.2) is 35.3 Å². The summed E-state index contributed by atoms with van der Waals surface area (Å²) >= 11 is 3.33. The molecule has 0 aromatic carbocycles. The van der Waals surface area contributed by atoms with E-state index in [9.17, 15) is 0 Å². The molecule has 4 nitrogen and oxygen atoms in total. The lowest BCUT2D eigenvalue weighted by Crippen LogP contribution is -2.06. The Labute approximate surface area is 102 Å². The summed E-state index contributed by atoms with van der Waals surface area (Å²) in [5, 5.41) is 0. The van der Waals surface area contributed by atoms with Gasteiger partial charge in [-0.15, -0.1) is 0 Å². The van der Waals surface area contributed by atoms with Crippen molar-refractivity contribution in [1.29, 1.82) is 0 Å². The molecule has 16 heavy (non-hydrogen) atoms. The zero-order chi connectivity index (χ0) is 11.4. The fraction of sp³-hybridized carbons (Fsp3) is 0.273. The zero-order valence-corrected chi connectivity index (χ0v) is 10.5. The Morgan fingerprint density at radius 1 is 1.38 bits per heavy atom.